The van der Waals surface area contributed by atoms with Crippen molar-refractivity contribution in [1.29, 1.82) is 0 Å². The second-order valence-electron chi connectivity index (χ2n) is 3.22. The van der Waals surface area contributed by atoms with E-state index in [2.05, 4.69) is 30.7 Å². The Kier molecular flexibility index (Phi) is 1.66. The molecular weight excluding hydrogens is 126 g/mol. The summed E-state index contributed by atoms with van der Waals surface area (Å²) in [6, 6.07) is 0. The van der Waals surface area contributed by atoms with Crippen LogP contribution >= 0.6 is 0 Å². The normalized spacial score (nSPS) is 11.5. The summed E-state index contributed by atoms with van der Waals surface area (Å²) in [5, 5.41) is 0. The van der Waals surface area contributed by atoms with Crippen LogP contribution in [0.3, 0.4) is 0 Å². The Morgan fingerprint density at radius 3 is 1.90 bits per heavy atom. The van der Waals surface area contributed by atoms with Gasteiger partial charge in [-0.25, -0.2) is 4.57 Å². The van der Waals surface area contributed by atoms with Gasteiger partial charge in [0, 0.05) is 0 Å². The Bertz CT molecular complexity index is 200. The van der Waals surface area contributed by atoms with Crippen LogP contribution in [-0.2, 0) is 5.54 Å². The van der Waals surface area contributed by atoms with Crippen molar-refractivity contribution in [3.8, 4) is 0 Å². The first-order chi connectivity index (χ1) is 4.61. The molecular formula is C7H12N3+. The Hall–Kier alpha value is -0.990. The first-order valence-electron chi connectivity index (χ1n) is 3.27. The van der Waals surface area contributed by atoms with Gasteiger partial charge in [0.05, 0.1) is 5.54 Å². The molecule has 0 saturated heterocycles. The highest BCUT2D eigenvalue weighted by atomic mass is 15.1. The first-order valence-corrected chi connectivity index (χ1v) is 3.27. The molecule has 0 aliphatic carbocycles. The third kappa shape index (κ3) is 1.50. The van der Waals surface area contributed by atoms with Crippen LogP contribution in [-0.4, -0.2) is 9.97 Å². The summed E-state index contributed by atoms with van der Waals surface area (Å²) in [6.07, 6.45) is 5.07. The first kappa shape index (κ1) is 7.12. The van der Waals surface area contributed by atoms with Crippen LogP contribution in [0.15, 0.2) is 19.0 Å². The van der Waals surface area contributed by atoms with Crippen LogP contribution in [0.25, 0.3) is 0 Å². The summed E-state index contributed by atoms with van der Waals surface area (Å²) in [4.78, 5) is 7.81. The fraction of sp³-hybridized carbons (Fsp3) is 0.571. The van der Waals surface area contributed by atoms with Crippen molar-refractivity contribution in [2.45, 2.75) is 26.3 Å². The predicted octanol–water partition coefficient (Wildman–Crippen LogP) is 0.519. The van der Waals surface area contributed by atoms with Gasteiger partial charge in [-0.1, -0.05) is 9.97 Å². The zero-order valence-corrected chi connectivity index (χ0v) is 6.57. The van der Waals surface area contributed by atoms with E-state index >= 15 is 0 Å². The topological polar surface area (TPSA) is 29.7 Å². The molecule has 10 heavy (non-hydrogen) atoms. The molecule has 0 aliphatic rings. The van der Waals surface area contributed by atoms with E-state index in [1.54, 1.807) is 12.7 Å². The number of aromatic nitrogens is 3. The standard InChI is InChI=1S/C7H12N3/c1-7(2,3)10-5-8-4-9-6-10/h4-6H,1-3H3/q+1. The molecule has 0 N–H and O–H groups in total. The van der Waals surface area contributed by atoms with Gasteiger partial charge in [0.1, 0.15) is 0 Å². The van der Waals surface area contributed by atoms with E-state index in [9.17, 15) is 0 Å². The number of hydrogen-bond acceptors (Lipinski definition) is 2. The molecule has 1 aromatic heterocycles. The van der Waals surface area contributed by atoms with Gasteiger partial charge in [-0.2, -0.15) is 0 Å². The minimum atomic E-state index is 0.0846. The van der Waals surface area contributed by atoms with Gasteiger partial charge < -0.3 is 0 Å². The Morgan fingerprint density at radius 2 is 1.60 bits per heavy atom. The summed E-state index contributed by atoms with van der Waals surface area (Å²) >= 11 is 0. The summed E-state index contributed by atoms with van der Waals surface area (Å²) in [5.41, 5.74) is 0.0846. The maximum absolute atomic E-state index is 3.90. The molecule has 54 valence electrons. The molecule has 0 unspecified atom stereocenters. The zero-order valence-electron chi connectivity index (χ0n) is 6.57. The van der Waals surface area contributed by atoms with Gasteiger partial charge in [-0.05, 0) is 20.8 Å². The van der Waals surface area contributed by atoms with Crippen LogP contribution < -0.4 is 4.57 Å². The lowest BCUT2D eigenvalue weighted by Gasteiger charge is -2.15. The van der Waals surface area contributed by atoms with Gasteiger partial charge in [0.2, 0.25) is 12.7 Å². The summed E-state index contributed by atoms with van der Waals surface area (Å²) in [7, 11) is 0. The molecule has 1 rings (SSSR count). The molecule has 0 amide bonds. The fourth-order valence-corrected chi connectivity index (χ4v) is 0.618. The van der Waals surface area contributed by atoms with Crippen LogP contribution in [0.2, 0.25) is 0 Å². The highest BCUT2D eigenvalue weighted by molar-refractivity contribution is 4.52. The Balaban J connectivity index is 2.97. The second-order valence-corrected chi connectivity index (χ2v) is 3.22. The second kappa shape index (κ2) is 2.33. The van der Waals surface area contributed by atoms with Crippen molar-refractivity contribution in [2.75, 3.05) is 0 Å². The van der Waals surface area contributed by atoms with Crippen molar-refractivity contribution in [3.05, 3.63) is 19.0 Å². The number of nitrogens with zero attached hydrogens (tertiary/aromatic N) is 3. The maximum atomic E-state index is 3.90. The van der Waals surface area contributed by atoms with E-state index in [-0.39, 0.29) is 5.54 Å². The van der Waals surface area contributed by atoms with E-state index in [1.807, 2.05) is 4.57 Å². The van der Waals surface area contributed by atoms with E-state index < -0.39 is 0 Å². The number of rotatable bonds is 0. The molecule has 0 radical (unpaired) electrons. The van der Waals surface area contributed by atoms with Gasteiger partial charge in [0.15, 0.2) is 0 Å². The van der Waals surface area contributed by atoms with Gasteiger partial charge in [0.25, 0.3) is 6.33 Å². The van der Waals surface area contributed by atoms with Crippen molar-refractivity contribution in [2.24, 2.45) is 0 Å². The molecule has 0 saturated carbocycles. The van der Waals surface area contributed by atoms with Crippen molar-refractivity contribution >= 4 is 0 Å². The molecule has 1 aromatic rings. The van der Waals surface area contributed by atoms with E-state index in [1.165, 1.54) is 6.33 Å². The Labute approximate surface area is 60.8 Å². The quantitative estimate of drug-likeness (QED) is 0.489. The molecule has 3 nitrogen and oxygen atoms in total. The van der Waals surface area contributed by atoms with Crippen molar-refractivity contribution in [3.63, 3.8) is 0 Å². The highest BCUT2D eigenvalue weighted by Gasteiger charge is 2.15. The average Bonchev–Trinajstić information content (AvgIpc) is 1.88. The summed E-state index contributed by atoms with van der Waals surface area (Å²) in [5.74, 6) is 0. The average molecular weight is 138 g/mol. The minimum Gasteiger partial charge on any atom is -0.235 e. The Morgan fingerprint density at radius 1 is 1.10 bits per heavy atom. The third-order valence-corrected chi connectivity index (χ3v) is 1.29. The van der Waals surface area contributed by atoms with Crippen LogP contribution in [0, 0.1) is 0 Å². The lowest BCUT2D eigenvalue weighted by Crippen LogP contribution is -2.50. The van der Waals surface area contributed by atoms with E-state index in [4.69, 9.17) is 0 Å². The van der Waals surface area contributed by atoms with Gasteiger partial charge in [-0.15, -0.1) is 0 Å². The summed E-state index contributed by atoms with van der Waals surface area (Å²) in [6.45, 7) is 6.32. The molecule has 0 aromatic carbocycles. The zero-order chi connectivity index (χ0) is 7.61. The van der Waals surface area contributed by atoms with Gasteiger partial charge in [-0.3, -0.25) is 0 Å². The molecule has 0 fully saturated rings. The SMILES string of the molecule is CC(C)(C)[n+]1cncnc1. The minimum absolute atomic E-state index is 0.0846. The number of hydrogen-bond donors (Lipinski definition) is 0. The van der Waals surface area contributed by atoms with Crippen LogP contribution in [0.1, 0.15) is 20.8 Å². The lowest BCUT2D eigenvalue weighted by atomic mass is 10.1. The highest BCUT2D eigenvalue weighted by Crippen LogP contribution is 1.99. The van der Waals surface area contributed by atoms with Crippen LogP contribution in [0.4, 0.5) is 0 Å². The van der Waals surface area contributed by atoms with Crippen molar-refractivity contribution in [1.82, 2.24) is 9.97 Å². The molecule has 0 spiro atoms. The van der Waals surface area contributed by atoms with E-state index in [0.29, 0.717) is 0 Å². The molecule has 0 bridgehead atoms. The molecule has 0 aliphatic heterocycles. The maximum Gasteiger partial charge on any atom is 0.263 e. The van der Waals surface area contributed by atoms with Crippen LogP contribution in [0.5, 0.6) is 0 Å². The third-order valence-electron chi connectivity index (χ3n) is 1.29. The lowest BCUT2D eigenvalue weighted by molar-refractivity contribution is -0.759. The molecule has 3 heteroatoms. The summed E-state index contributed by atoms with van der Waals surface area (Å²) < 4.78 is 1.97. The molecule has 0 atom stereocenters. The predicted molar refractivity (Wildman–Crippen MR) is 37.2 cm³/mol. The fourth-order valence-electron chi connectivity index (χ4n) is 0.618. The van der Waals surface area contributed by atoms with Gasteiger partial charge >= 0.3 is 0 Å². The largest absolute Gasteiger partial charge is 0.263 e. The monoisotopic (exact) mass is 138 g/mol. The van der Waals surface area contributed by atoms with Crippen molar-refractivity contribution < 1.29 is 4.57 Å². The van der Waals surface area contributed by atoms with E-state index in [0.717, 1.165) is 0 Å². The molecule has 1 heterocycles. The smallest absolute Gasteiger partial charge is 0.235 e.